The number of nitrogens with zero attached hydrogens (tertiary/aromatic N) is 1. The van der Waals surface area contributed by atoms with Crippen molar-refractivity contribution >= 4 is 11.9 Å². The quantitative estimate of drug-likeness (QED) is 0.838. The van der Waals surface area contributed by atoms with Crippen molar-refractivity contribution in [1.82, 2.24) is 4.90 Å². The van der Waals surface area contributed by atoms with Gasteiger partial charge >= 0.3 is 5.97 Å². The second-order valence-corrected chi connectivity index (χ2v) is 6.41. The molecule has 1 aliphatic carbocycles. The molecule has 1 aliphatic heterocycles. The van der Waals surface area contributed by atoms with E-state index in [0.29, 0.717) is 18.0 Å². The maximum atomic E-state index is 12.2. The Morgan fingerprint density at radius 2 is 1.91 bits per heavy atom. The first-order chi connectivity index (χ1) is 10.5. The monoisotopic (exact) mass is 302 g/mol. The molecule has 2 fully saturated rings. The van der Waals surface area contributed by atoms with Gasteiger partial charge in [-0.2, -0.15) is 0 Å². The van der Waals surface area contributed by atoms with E-state index >= 15 is 0 Å². The third kappa shape index (κ3) is 3.30. The first kappa shape index (κ1) is 15.0. The maximum Gasteiger partial charge on any atom is 0.311 e. The molecule has 1 aromatic rings. The highest BCUT2D eigenvalue weighted by Gasteiger charge is 2.32. The lowest BCUT2D eigenvalue weighted by Crippen LogP contribution is -2.30. The third-order valence-electron chi connectivity index (χ3n) is 4.51. The number of nitrogens with two attached hydrogens (primary N) is 1. The van der Waals surface area contributed by atoms with Crippen molar-refractivity contribution in [3.05, 3.63) is 35.4 Å². The average molecular weight is 302 g/mol. The first-order valence-electron chi connectivity index (χ1n) is 7.83. The number of hydrogen-bond donors (Lipinski definition) is 1. The van der Waals surface area contributed by atoms with Crippen LogP contribution in [0.25, 0.3) is 0 Å². The second-order valence-electron chi connectivity index (χ2n) is 6.41. The van der Waals surface area contributed by atoms with Gasteiger partial charge in [0.1, 0.15) is 0 Å². The Kier molecular flexibility index (Phi) is 4.16. The smallest absolute Gasteiger partial charge is 0.311 e. The maximum absolute atomic E-state index is 12.2. The fraction of sp³-hybridized carbons (Fsp3) is 0.529. The summed E-state index contributed by atoms with van der Waals surface area (Å²) in [4.78, 5) is 26.0. The van der Waals surface area contributed by atoms with Crippen molar-refractivity contribution in [2.75, 3.05) is 20.1 Å². The number of carbonyl (C=O) groups is 2. The summed E-state index contributed by atoms with van der Waals surface area (Å²) in [5.41, 5.74) is 7.35. The molecule has 2 N–H and O–H groups in total. The summed E-state index contributed by atoms with van der Waals surface area (Å²) in [6.07, 6.45) is 2.22. The van der Waals surface area contributed by atoms with Crippen LogP contribution in [0.4, 0.5) is 0 Å². The van der Waals surface area contributed by atoms with Crippen molar-refractivity contribution in [1.29, 1.82) is 0 Å². The number of hydrogen-bond acceptors (Lipinski definition) is 4. The molecule has 2 atom stereocenters. The van der Waals surface area contributed by atoms with Crippen LogP contribution in [0.1, 0.15) is 42.4 Å². The lowest BCUT2D eigenvalue weighted by Gasteiger charge is -2.18. The second kappa shape index (κ2) is 6.08. The van der Waals surface area contributed by atoms with Gasteiger partial charge in [-0.05, 0) is 44.3 Å². The third-order valence-corrected chi connectivity index (χ3v) is 4.51. The van der Waals surface area contributed by atoms with Gasteiger partial charge in [-0.1, -0.05) is 24.3 Å². The molecule has 1 aromatic carbocycles. The molecule has 0 aromatic heterocycles. The molecule has 2 aliphatic rings. The first-order valence-corrected chi connectivity index (χ1v) is 7.83. The number of ether oxygens (including phenoxy) is 1. The lowest BCUT2D eigenvalue weighted by atomic mass is 10.0. The van der Waals surface area contributed by atoms with Gasteiger partial charge in [0.2, 0.25) is 6.10 Å². The number of likely N-dealkylation sites (tertiary alicyclic amines) is 1. The topological polar surface area (TPSA) is 72.6 Å². The van der Waals surface area contributed by atoms with Crippen LogP contribution in [0.3, 0.4) is 0 Å². The summed E-state index contributed by atoms with van der Waals surface area (Å²) in [7, 11) is 1.97. The highest BCUT2D eigenvalue weighted by Crippen LogP contribution is 2.40. The van der Waals surface area contributed by atoms with Crippen LogP contribution in [0, 0.1) is 5.92 Å². The fourth-order valence-electron chi connectivity index (χ4n) is 2.99. The number of primary amides is 1. The molecule has 0 spiro atoms. The molecule has 1 saturated carbocycles. The molecular weight excluding hydrogens is 280 g/mol. The van der Waals surface area contributed by atoms with Gasteiger partial charge in [0, 0.05) is 12.1 Å². The molecule has 0 bridgehead atoms. The molecular formula is C17H22N2O3. The van der Waals surface area contributed by atoms with E-state index in [1.54, 1.807) is 0 Å². The zero-order valence-electron chi connectivity index (χ0n) is 12.8. The summed E-state index contributed by atoms with van der Waals surface area (Å²) in [6, 6.07) is 7.69. The Morgan fingerprint density at radius 3 is 2.41 bits per heavy atom. The minimum atomic E-state index is -0.994. The van der Waals surface area contributed by atoms with E-state index in [1.807, 2.05) is 31.3 Å². The van der Waals surface area contributed by atoms with Crippen molar-refractivity contribution in [2.24, 2.45) is 11.7 Å². The summed E-state index contributed by atoms with van der Waals surface area (Å²) < 4.78 is 5.41. The van der Waals surface area contributed by atoms with Gasteiger partial charge in [0.25, 0.3) is 5.91 Å². The molecule has 1 amide bonds. The van der Waals surface area contributed by atoms with Gasteiger partial charge in [-0.15, -0.1) is 0 Å². The van der Waals surface area contributed by atoms with Crippen LogP contribution >= 0.6 is 0 Å². The SMILES string of the molecule is CN1CCC(C(=O)OC(C(N)=O)c2ccc(C3CC3)cc2)C1. The van der Waals surface area contributed by atoms with E-state index in [2.05, 4.69) is 4.90 Å². The number of amides is 1. The number of rotatable bonds is 5. The van der Waals surface area contributed by atoms with Crippen LogP contribution in [0.15, 0.2) is 24.3 Å². The van der Waals surface area contributed by atoms with Gasteiger partial charge in [0.15, 0.2) is 0 Å². The van der Waals surface area contributed by atoms with E-state index in [-0.39, 0.29) is 11.9 Å². The summed E-state index contributed by atoms with van der Waals surface area (Å²) in [6.45, 7) is 1.54. The van der Waals surface area contributed by atoms with Crippen molar-refractivity contribution in [3.63, 3.8) is 0 Å². The van der Waals surface area contributed by atoms with E-state index < -0.39 is 12.0 Å². The minimum Gasteiger partial charge on any atom is -0.447 e. The Hall–Kier alpha value is -1.88. The Labute approximate surface area is 130 Å². The van der Waals surface area contributed by atoms with E-state index in [4.69, 9.17) is 10.5 Å². The molecule has 2 unspecified atom stereocenters. The molecule has 22 heavy (non-hydrogen) atoms. The Morgan fingerprint density at radius 1 is 1.23 bits per heavy atom. The van der Waals surface area contributed by atoms with Crippen molar-refractivity contribution < 1.29 is 14.3 Å². The molecule has 118 valence electrons. The normalized spacial score (nSPS) is 23.2. The summed E-state index contributed by atoms with van der Waals surface area (Å²) in [5.74, 6) is -0.478. The van der Waals surface area contributed by atoms with E-state index in [0.717, 1.165) is 13.0 Å². The van der Waals surface area contributed by atoms with E-state index in [1.165, 1.54) is 18.4 Å². The van der Waals surface area contributed by atoms with Gasteiger partial charge in [0.05, 0.1) is 5.92 Å². The Bertz CT molecular complexity index is 566. The minimum absolute atomic E-state index is 0.169. The predicted molar refractivity (Wildman–Crippen MR) is 82.0 cm³/mol. The molecule has 3 rings (SSSR count). The molecule has 5 heteroatoms. The van der Waals surface area contributed by atoms with E-state index in [9.17, 15) is 9.59 Å². The van der Waals surface area contributed by atoms with Crippen molar-refractivity contribution in [2.45, 2.75) is 31.3 Å². The molecule has 5 nitrogen and oxygen atoms in total. The zero-order valence-corrected chi connectivity index (χ0v) is 12.8. The average Bonchev–Trinajstić information content (AvgIpc) is 3.26. The highest BCUT2D eigenvalue weighted by atomic mass is 16.5. The van der Waals surface area contributed by atoms with Crippen LogP contribution in [-0.2, 0) is 14.3 Å². The highest BCUT2D eigenvalue weighted by molar-refractivity contribution is 5.84. The lowest BCUT2D eigenvalue weighted by molar-refractivity contribution is -0.159. The van der Waals surface area contributed by atoms with Crippen LogP contribution in [-0.4, -0.2) is 36.9 Å². The summed E-state index contributed by atoms with van der Waals surface area (Å²) in [5, 5.41) is 0. The van der Waals surface area contributed by atoms with Crippen LogP contribution in [0.5, 0.6) is 0 Å². The number of benzene rings is 1. The molecule has 1 saturated heterocycles. The summed E-state index contributed by atoms with van der Waals surface area (Å²) >= 11 is 0. The zero-order chi connectivity index (χ0) is 15.7. The Balaban J connectivity index is 1.69. The van der Waals surface area contributed by atoms with Crippen LogP contribution < -0.4 is 5.73 Å². The number of carbonyl (C=O) groups excluding carboxylic acids is 2. The molecule has 0 radical (unpaired) electrons. The molecule has 1 heterocycles. The standard InChI is InChI=1S/C17H22N2O3/c1-19-9-8-14(10-19)17(21)22-15(16(18)20)13-6-4-12(5-7-13)11-2-3-11/h4-7,11,14-15H,2-3,8-10H2,1H3,(H2,18,20). The number of esters is 1. The van der Waals surface area contributed by atoms with Gasteiger partial charge < -0.3 is 15.4 Å². The van der Waals surface area contributed by atoms with Gasteiger partial charge in [-0.3, -0.25) is 9.59 Å². The largest absolute Gasteiger partial charge is 0.447 e. The van der Waals surface area contributed by atoms with Crippen molar-refractivity contribution in [3.8, 4) is 0 Å². The fourth-order valence-corrected chi connectivity index (χ4v) is 2.99. The van der Waals surface area contributed by atoms with Gasteiger partial charge in [-0.25, -0.2) is 0 Å². The van der Waals surface area contributed by atoms with Crippen LogP contribution in [0.2, 0.25) is 0 Å². The predicted octanol–water partition coefficient (Wildman–Crippen LogP) is 1.59.